The van der Waals surface area contributed by atoms with Crippen molar-refractivity contribution in [2.75, 3.05) is 5.32 Å². The number of aliphatic imine (C=N–C) groups is 1. The lowest BCUT2D eigenvalue weighted by Crippen LogP contribution is -2.22. The van der Waals surface area contributed by atoms with Crippen molar-refractivity contribution in [3.63, 3.8) is 0 Å². The van der Waals surface area contributed by atoms with Crippen molar-refractivity contribution in [1.29, 1.82) is 0 Å². The van der Waals surface area contributed by atoms with Gasteiger partial charge in [-0.2, -0.15) is 18.2 Å². The van der Waals surface area contributed by atoms with Crippen LogP contribution in [0.5, 0.6) is 0 Å². The highest BCUT2D eigenvalue weighted by Gasteiger charge is 2.34. The molecule has 0 saturated carbocycles. The third-order valence-corrected chi connectivity index (χ3v) is 3.97. The van der Waals surface area contributed by atoms with Gasteiger partial charge in [0.1, 0.15) is 10.8 Å². The molecule has 3 rings (SSSR count). The number of pyridine rings is 1. The van der Waals surface area contributed by atoms with Crippen LogP contribution in [0.3, 0.4) is 0 Å². The van der Waals surface area contributed by atoms with E-state index in [1.807, 2.05) is 0 Å². The van der Waals surface area contributed by atoms with Crippen LogP contribution in [0.4, 0.5) is 28.4 Å². The highest BCUT2D eigenvalue weighted by Crippen LogP contribution is 2.33. The number of benzene rings is 1. The molecule has 0 bridgehead atoms. The summed E-state index contributed by atoms with van der Waals surface area (Å²) in [6.45, 7) is 0. The topological polar surface area (TPSA) is 89.1 Å². The van der Waals surface area contributed by atoms with Crippen LogP contribution in [0.15, 0.2) is 47.7 Å². The van der Waals surface area contributed by atoms with E-state index in [9.17, 15) is 17.6 Å². The van der Waals surface area contributed by atoms with E-state index < -0.39 is 17.6 Å². The number of hydrogen-bond donors (Lipinski definition) is 2. The lowest BCUT2D eigenvalue weighted by molar-refractivity contribution is -0.139. The largest absolute Gasteiger partial charge is 0.419 e. The number of alkyl halides is 3. The summed E-state index contributed by atoms with van der Waals surface area (Å²) in [5.74, 6) is -1.58. The van der Waals surface area contributed by atoms with E-state index >= 15 is 0 Å². The Balaban J connectivity index is 1.78. The maximum Gasteiger partial charge on any atom is 0.419 e. The summed E-state index contributed by atoms with van der Waals surface area (Å²) < 4.78 is 51.5. The Morgan fingerprint density at radius 2 is 1.85 bits per heavy atom. The Morgan fingerprint density at radius 3 is 2.54 bits per heavy atom. The van der Waals surface area contributed by atoms with Crippen molar-refractivity contribution in [3.05, 3.63) is 54.1 Å². The lowest BCUT2D eigenvalue weighted by atomic mass is 10.2. The van der Waals surface area contributed by atoms with E-state index in [2.05, 4.69) is 25.5 Å². The fourth-order valence-corrected chi connectivity index (χ4v) is 2.71. The monoisotopic (exact) mass is 382 g/mol. The zero-order valence-corrected chi connectivity index (χ0v) is 13.6. The first-order chi connectivity index (χ1) is 12.3. The van der Waals surface area contributed by atoms with Crippen molar-refractivity contribution in [1.82, 2.24) is 15.2 Å². The number of hydrogen-bond acceptors (Lipinski definition) is 5. The van der Waals surface area contributed by atoms with Crippen LogP contribution in [0.2, 0.25) is 0 Å². The number of nitrogens with one attached hydrogen (secondary N) is 1. The quantitative estimate of drug-likeness (QED) is 0.408. The summed E-state index contributed by atoms with van der Waals surface area (Å²) in [6.07, 6.45) is -1.61. The zero-order valence-electron chi connectivity index (χ0n) is 12.8. The average Bonchev–Trinajstić information content (AvgIpc) is 3.05. The van der Waals surface area contributed by atoms with Gasteiger partial charge in [-0.05, 0) is 30.3 Å². The number of nitrogens with zero attached hydrogens (tertiary/aromatic N) is 4. The molecule has 0 saturated heterocycles. The van der Waals surface area contributed by atoms with Crippen LogP contribution < -0.4 is 11.1 Å². The smallest absolute Gasteiger partial charge is 0.369 e. The van der Waals surface area contributed by atoms with Crippen molar-refractivity contribution in [2.24, 2.45) is 10.7 Å². The van der Waals surface area contributed by atoms with Crippen LogP contribution in [0.1, 0.15) is 5.56 Å². The van der Waals surface area contributed by atoms with E-state index in [0.717, 1.165) is 23.0 Å². The Bertz CT molecular complexity index is 939. The highest BCUT2D eigenvalue weighted by molar-refractivity contribution is 7.18. The molecule has 0 radical (unpaired) electrons. The average molecular weight is 382 g/mol. The fourth-order valence-electron chi connectivity index (χ4n) is 1.97. The summed E-state index contributed by atoms with van der Waals surface area (Å²) in [5, 5.41) is 11.1. The van der Waals surface area contributed by atoms with Gasteiger partial charge >= 0.3 is 6.18 Å². The summed E-state index contributed by atoms with van der Waals surface area (Å²) >= 11 is 1.14. The minimum Gasteiger partial charge on any atom is -0.369 e. The molecule has 0 unspecified atom stereocenters. The van der Waals surface area contributed by atoms with Gasteiger partial charge in [-0.3, -0.25) is 4.98 Å². The maximum atomic E-state index is 13.3. The SMILES string of the molecule is N/C(=N\c1nnc(-c2ccncc2)s1)Nc1ccc(F)c(C(F)(F)F)c1. The van der Waals surface area contributed by atoms with Crippen molar-refractivity contribution >= 4 is 28.1 Å². The number of rotatable bonds is 3. The van der Waals surface area contributed by atoms with Crippen molar-refractivity contribution < 1.29 is 17.6 Å². The zero-order chi connectivity index (χ0) is 18.7. The molecule has 0 amide bonds. The number of anilines is 1. The molecule has 0 spiro atoms. The Labute approximate surface area is 148 Å². The van der Waals surface area contributed by atoms with Gasteiger partial charge in [-0.25, -0.2) is 4.39 Å². The van der Waals surface area contributed by atoms with Crippen molar-refractivity contribution in [2.45, 2.75) is 6.18 Å². The molecule has 0 atom stereocenters. The molecule has 0 aliphatic heterocycles. The van der Waals surface area contributed by atoms with E-state index in [1.54, 1.807) is 24.5 Å². The van der Waals surface area contributed by atoms with E-state index in [-0.39, 0.29) is 16.8 Å². The molecule has 6 nitrogen and oxygen atoms in total. The fraction of sp³-hybridized carbons (Fsp3) is 0.0667. The predicted molar refractivity (Wildman–Crippen MR) is 89.4 cm³/mol. The first-order valence-electron chi connectivity index (χ1n) is 7.05. The Hall–Kier alpha value is -3.08. The number of guanidine groups is 1. The second kappa shape index (κ2) is 7.04. The molecule has 3 aromatic rings. The molecule has 26 heavy (non-hydrogen) atoms. The second-order valence-electron chi connectivity index (χ2n) is 4.94. The van der Waals surface area contributed by atoms with Gasteiger partial charge in [-0.15, -0.1) is 10.2 Å². The van der Waals surface area contributed by atoms with Gasteiger partial charge < -0.3 is 11.1 Å². The summed E-state index contributed by atoms with van der Waals surface area (Å²) in [6, 6.07) is 5.92. The summed E-state index contributed by atoms with van der Waals surface area (Å²) in [5.41, 5.74) is 5.01. The minimum atomic E-state index is -4.81. The molecule has 134 valence electrons. The molecule has 0 fully saturated rings. The number of nitrogens with two attached hydrogens (primary N) is 1. The second-order valence-corrected chi connectivity index (χ2v) is 5.90. The third kappa shape index (κ3) is 4.11. The van der Waals surface area contributed by atoms with Crippen LogP contribution in [-0.4, -0.2) is 21.1 Å². The molecule has 0 aliphatic rings. The van der Waals surface area contributed by atoms with Gasteiger partial charge in [0.15, 0.2) is 0 Å². The normalized spacial score (nSPS) is 12.2. The number of halogens is 4. The van der Waals surface area contributed by atoms with Gasteiger partial charge in [0, 0.05) is 23.6 Å². The van der Waals surface area contributed by atoms with E-state index in [0.29, 0.717) is 17.1 Å². The first kappa shape index (κ1) is 17.7. The maximum absolute atomic E-state index is 13.3. The lowest BCUT2D eigenvalue weighted by Gasteiger charge is -2.11. The highest BCUT2D eigenvalue weighted by atomic mass is 32.1. The molecule has 11 heteroatoms. The predicted octanol–water partition coefficient (Wildman–Crippen LogP) is 3.82. The Morgan fingerprint density at radius 1 is 1.12 bits per heavy atom. The van der Waals surface area contributed by atoms with E-state index in [1.165, 1.54) is 0 Å². The van der Waals surface area contributed by atoms with Crippen LogP contribution in [-0.2, 0) is 6.18 Å². The van der Waals surface area contributed by atoms with Gasteiger partial charge in [0.05, 0.1) is 5.56 Å². The molecular weight excluding hydrogens is 372 g/mol. The molecule has 3 N–H and O–H groups in total. The summed E-state index contributed by atoms with van der Waals surface area (Å²) in [7, 11) is 0. The molecular formula is C15H10F4N6S. The molecule has 2 aromatic heterocycles. The minimum absolute atomic E-state index is 0.0566. The molecule has 2 heterocycles. The summed E-state index contributed by atoms with van der Waals surface area (Å²) in [4.78, 5) is 7.85. The standard InChI is InChI=1S/C15H10F4N6S/c16-11-2-1-9(7-10(11)15(17,18)19)22-13(20)23-14-25-24-12(26-14)8-3-5-21-6-4-8/h1-7H,(H3,20,22,23,25). The van der Waals surface area contributed by atoms with Crippen LogP contribution in [0, 0.1) is 5.82 Å². The van der Waals surface area contributed by atoms with Crippen molar-refractivity contribution in [3.8, 4) is 10.6 Å². The third-order valence-electron chi connectivity index (χ3n) is 3.10. The van der Waals surface area contributed by atoms with E-state index in [4.69, 9.17) is 5.73 Å². The Kier molecular flexibility index (Phi) is 4.80. The van der Waals surface area contributed by atoms with Gasteiger partial charge in [0.2, 0.25) is 11.1 Å². The molecule has 1 aromatic carbocycles. The van der Waals surface area contributed by atoms with Crippen LogP contribution >= 0.6 is 11.3 Å². The molecule has 0 aliphatic carbocycles. The number of aromatic nitrogens is 3. The van der Waals surface area contributed by atoms with Gasteiger partial charge in [-0.1, -0.05) is 11.3 Å². The van der Waals surface area contributed by atoms with Crippen LogP contribution in [0.25, 0.3) is 10.6 Å². The van der Waals surface area contributed by atoms with Gasteiger partial charge in [0.25, 0.3) is 0 Å². The first-order valence-corrected chi connectivity index (χ1v) is 7.86.